The Balaban J connectivity index is 1.62. The van der Waals surface area contributed by atoms with Gasteiger partial charge in [0, 0.05) is 0 Å². The maximum absolute atomic E-state index is 12.6. The van der Waals surface area contributed by atoms with E-state index in [4.69, 9.17) is 0 Å². The van der Waals surface area contributed by atoms with Crippen LogP contribution in [0.1, 0.15) is 0 Å². The fourth-order valence-electron chi connectivity index (χ4n) is 3.01. The molecule has 0 atom stereocenters. The third kappa shape index (κ3) is 2.43. The molecule has 0 aliphatic rings. The number of hydrogen-bond acceptors (Lipinski definition) is 2. The van der Waals surface area contributed by atoms with Gasteiger partial charge in [-0.05, 0) is 0 Å². The van der Waals surface area contributed by atoms with E-state index >= 15 is 0 Å². The van der Waals surface area contributed by atoms with E-state index in [0.29, 0.717) is 0 Å². The Hall–Kier alpha value is -2.36. The van der Waals surface area contributed by atoms with Crippen molar-refractivity contribution in [2.24, 2.45) is 0 Å². The van der Waals surface area contributed by atoms with Crippen molar-refractivity contribution in [2.45, 2.75) is 0 Å². The molecule has 0 fully saturated rings. The quantitative estimate of drug-likeness (QED) is 0.372. The summed E-state index contributed by atoms with van der Waals surface area (Å²) in [5.74, 6) is 0. The zero-order valence-corrected chi connectivity index (χ0v) is 16.9. The molecule has 0 N–H and O–H groups in total. The Bertz CT molecular complexity index is 1260. The molecule has 0 spiro atoms. The second kappa shape index (κ2) is 6.11. The van der Waals surface area contributed by atoms with Gasteiger partial charge < -0.3 is 0 Å². The average Bonchev–Trinajstić information content (AvgIpc) is 3.20. The second-order valence-corrected chi connectivity index (χ2v) is 10.0. The molecule has 5 aromatic rings. The monoisotopic (exact) mass is 472 g/mol. The summed E-state index contributed by atoms with van der Waals surface area (Å²) in [4.78, 5) is 25.2. The fraction of sp³-hybridized carbons (Fsp3) is 0. The summed E-state index contributed by atoms with van der Waals surface area (Å²) in [5, 5.41) is 1.59. The van der Waals surface area contributed by atoms with Gasteiger partial charge in [-0.3, -0.25) is 0 Å². The van der Waals surface area contributed by atoms with E-state index < -0.39 is 0 Å². The van der Waals surface area contributed by atoms with E-state index in [1.807, 2.05) is 79.9 Å². The van der Waals surface area contributed by atoms with E-state index in [1.165, 1.54) is 0 Å². The van der Waals surface area contributed by atoms with Gasteiger partial charge in [-0.25, -0.2) is 0 Å². The van der Waals surface area contributed by atoms with Gasteiger partial charge in [0.2, 0.25) is 0 Å². The summed E-state index contributed by atoms with van der Waals surface area (Å²) in [6, 6.07) is 23.3. The third-order valence-corrected chi connectivity index (χ3v) is 8.97. The van der Waals surface area contributed by atoms with Crippen LogP contribution in [-0.2, 0) is 0 Å². The van der Waals surface area contributed by atoms with Crippen LogP contribution in [-0.4, -0.2) is 36.6 Å². The fourth-order valence-corrected chi connectivity index (χ4v) is 7.20. The van der Waals surface area contributed by atoms with E-state index in [1.54, 1.807) is 0 Å². The summed E-state index contributed by atoms with van der Waals surface area (Å²) in [7, 11) is 0. The van der Waals surface area contributed by atoms with Crippen LogP contribution in [0.25, 0.3) is 30.7 Å². The number of rotatable bonds is 2. The normalized spacial score (nSPS) is 11.4. The Morgan fingerprint density at radius 2 is 0.923 bits per heavy atom. The van der Waals surface area contributed by atoms with E-state index in [9.17, 15) is 9.59 Å². The molecule has 3 aromatic carbocycles. The first-order valence-electron chi connectivity index (χ1n) is 8.05. The van der Waals surface area contributed by atoms with Gasteiger partial charge in [0.05, 0.1) is 0 Å². The Morgan fingerprint density at radius 1 is 0.538 bits per heavy atom. The van der Waals surface area contributed by atoms with Crippen LogP contribution in [0.3, 0.4) is 0 Å². The summed E-state index contributed by atoms with van der Waals surface area (Å²) in [6.45, 7) is 0. The van der Waals surface area contributed by atoms with Gasteiger partial charge in [-0.2, -0.15) is 0 Å². The Kier molecular flexibility index (Phi) is 3.73. The molecule has 4 nitrogen and oxygen atoms in total. The zero-order valence-electron chi connectivity index (χ0n) is 13.5. The van der Waals surface area contributed by atoms with Crippen LogP contribution < -0.4 is 11.1 Å². The van der Waals surface area contributed by atoms with E-state index in [0.717, 1.165) is 30.7 Å². The molecule has 2 aromatic heterocycles. The molecule has 5 rings (SSSR count). The van der Waals surface area contributed by atoms with E-state index in [2.05, 4.69) is 0 Å². The van der Waals surface area contributed by atoms with Gasteiger partial charge in [-0.1, -0.05) is 0 Å². The summed E-state index contributed by atoms with van der Waals surface area (Å²) in [6.07, 6.45) is 0. The van der Waals surface area contributed by atoms with Crippen LogP contribution in [0.4, 0.5) is 0 Å². The number of nitrogens with zero attached hydrogens (tertiary/aromatic N) is 2. The van der Waals surface area contributed by atoms with Crippen LogP contribution in [0.5, 0.6) is 0 Å². The summed E-state index contributed by atoms with van der Waals surface area (Å²) >= 11 is -0.0857. The third-order valence-electron chi connectivity index (χ3n) is 4.30. The first-order chi connectivity index (χ1) is 12.7. The molecule has 0 aliphatic heterocycles. The molecule has 0 amide bonds. The van der Waals surface area contributed by atoms with Crippen LogP contribution in [0.2, 0.25) is 0 Å². The molecule has 2 heterocycles. The van der Waals surface area contributed by atoms with Crippen molar-refractivity contribution in [1.29, 1.82) is 0 Å². The number of fused-ring (bicyclic) bond motifs is 2. The van der Waals surface area contributed by atoms with Crippen molar-refractivity contribution < 1.29 is 0 Å². The number of benzene rings is 3. The van der Waals surface area contributed by atoms with E-state index in [-0.39, 0.29) is 40.6 Å². The Labute approximate surface area is 160 Å². The molecule has 0 saturated carbocycles. The number of hydrogen-bond donors (Lipinski definition) is 0. The standard InChI is InChI=1S/C20H12N2O2Se2/c23-19-15-5-1-3-7-17(15)25-21(19)13-9-11-14(12-10-13)22-20(24)16-6-2-4-8-18(16)26-22/h1-12H. The van der Waals surface area contributed by atoms with Crippen LogP contribution >= 0.6 is 0 Å². The Morgan fingerprint density at radius 3 is 1.31 bits per heavy atom. The van der Waals surface area contributed by atoms with Gasteiger partial charge in [0.25, 0.3) is 0 Å². The van der Waals surface area contributed by atoms with Gasteiger partial charge in [-0.15, -0.1) is 0 Å². The van der Waals surface area contributed by atoms with Crippen molar-refractivity contribution >= 4 is 48.8 Å². The first kappa shape index (κ1) is 15.9. The van der Waals surface area contributed by atoms with Crippen LogP contribution in [0.15, 0.2) is 82.4 Å². The minimum atomic E-state index is -0.0428. The van der Waals surface area contributed by atoms with Crippen LogP contribution in [0, 0.1) is 0 Å². The molecule has 0 saturated heterocycles. The maximum atomic E-state index is 12.6. The zero-order chi connectivity index (χ0) is 17.7. The average molecular weight is 470 g/mol. The van der Waals surface area contributed by atoms with Gasteiger partial charge >= 0.3 is 161 Å². The first-order valence-corrected chi connectivity index (χ1v) is 11.3. The van der Waals surface area contributed by atoms with Crippen molar-refractivity contribution in [2.75, 3.05) is 0 Å². The van der Waals surface area contributed by atoms with Crippen molar-refractivity contribution in [3.63, 3.8) is 0 Å². The molecule has 0 aliphatic carbocycles. The SMILES string of the molecule is O=c1c2ccccc2[se]n1-c1ccc(-n2[se]c3ccccc3c2=O)cc1. The molecular formula is C20H12N2O2Se2. The predicted molar refractivity (Wildman–Crippen MR) is 107 cm³/mol. The molecule has 26 heavy (non-hydrogen) atoms. The second-order valence-electron chi connectivity index (χ2n) is 5.89. The van der Waals surface area contributed by atoms with Gasteiger partial charge in [0.15, 0.2) is 0 Å². The predicted octanol–water partition coefficient (Wildman–Crippen LogP) is 2.41. The molecular weight excluding hydrogens is 458 g/mol. The molecule has 0 radical (unpaired) electrons. The van der Waals surface area contributed by atoms with Crippen molar-refractivity contribution in [1.82, 2.24) is 7.12 Å². The number of aromatic nitrogens is 2. The molecule has 0 unspecified atom stereocenters. The topological polar surface area (TPSA) is 44.0 Å². The molecule has 6 heteroatoms. The van der Waals surface area contributed by atoms with Crippen molar-refractivity contribution in [3.05, 3.63) is 93.5 Å². The summed E-state index contributed by atoms with van der Waals surface area (Å²) < 4.78 is 5.91. The van der Waals surface area contributed by atoms with Gasteiger partial charge in [0.1, 0.15) is 0 Å². The minimum absolute atomic E-state index is 0.0428. The van der Waals surface area contributed by atoms with Crippen molar-refractivity contribution in [3.8, 4) is 11.4 Å². The summed E-state index contributed by atoms with van der Waals surface area (Å²) in [5.41, 5.74) is 1.88. The molecule has 126 valence electrons. The molecule has 0 bridgehead atoms.